The van der Waals surface area contributed by atoms with E-state index in [1.54, 1.807) is 24.3 Å². The lowest BCUT2D eigenvalue weighted by atomic mass is 10.3. The van der Waals surface area contributed by atoms with Crippen molar-refractivity contribution in [2.45, 2.75) is 0 Å². The van der Waals surface area contributed by atoms with Crippen LogP contribution in [0.15, 0.2) is 54.6 Å². The van der Waals surface area contributed by atoms with E-state index in [0.717, 1.165) is 10.6 Å². The quantitative estimate of drug-likeness (QED) is 0.839. The van der Waals surface area contributed by atoms with E-state index in [1.807, 2.05) is 6.07 Å². The molecule has 2 aromatic rings. The third-order valence-electron chi connectivity index (χ3n) is 3.15. The molecule has 2 aromatic carbocycles. The predicted molar refractivity (Wildman–Crippen MR) is 92.1 cm³/mol. The molecule has 0 heterocycles. The summed E-state index contributed by atoms with van der Waals surface area (Å²) >= 11 is 0. The third-order valence-corrected chi connectivity index (χ3v) is 4.34. The lowest BCUT2D eigenvalue weighted by Crippen LogP contribution is -2.39. The molecule has 2 amide bonds. The van der Waals surface area contributed by atoms with E-state index in [9.17, 15) is 17.6 Å². The minimum atomic E-state index is -3.55. The van der Waals surface area contributed by atoms with Crippen LogP contribution in [0, 0.1) is 5.82 Å². The number of amides is 2. The van der Waals surface area contributed by atoms with E-state index in [0.29, 0.717) is 11.4 Å². The zero-order valence-electron chi connectivity index (χ0n) is 13.1. The topological polar surface area (TPSA) is 78.5 Å². The molecule has 0 bridgehead atoms. The maximum atomic E-state index is 13.0. The molecular formula is C16H18FN3O3S. The molecule has 0 saturated heterocycles. The van der Waals surface area contributed by atoms with Gasteiger partial charge in [0.05, 0.1) is 18.5 Å². The minimum absolute atomic E-state index is 0.0344. The van der Waals surface area contributed by atoms with Crippen molar-refractivity contribution in [3.05, 3.63) is 60.4 Å². The molecule has 0 aliphatic rings. The van der Waals surface area contributed by atoms with Crippen molar-refractivity contribution in [3.63, 3.8) is 0 Å². The van der Waals surface area contributed by atoms with Crippen LogP contribution in [0.4, 0.5) is 20.6 Å². The van der Waals surface area contributed by atoms with Crippen LogP contribution in [0.3, 0.4) is 0 Å². The van der Waals surface area contributed by atoms with Crippen LogP contribution in [0.5, 0.6) is 0 Å². The Hall–Kier alpha value is -2.61. The average molecular weight is 351 g/mol. The highest BCUT2D eigenvalue weighted by Crippen LogP contribution is 2.17. The number of anilines is 2. The van der Waals surface area contributed by atoms with Gasteiger partial charge in [-0.2, -0.15) is 0 Å². The fourth-order valence-corrected chi connectivity index (χ4v) is 2.99. The predicted octanol–water partition coefficient (Wildman–Crippen LogP) is 2.41. The maximum Gasteiger partial charge on any atom is 0.319 e. The van der Waals surface area contributed by atoms with Crippen LogP contribution < -0.4 is 14.9 Å². The van der Waals surface area contributed by atoms with Gasteiger partial charge in [-0.15, -0.1) is 0 Å². The molecule has 6 nitrogen and oxygen atoms in total. The number of carbonyl (C=O) groups excluding carboxylic acids is 1. The summed E-state index contributed by atoms with van der Waals surface area (Å²) in [6.45, 7) is 0.135. The number of carbonyl (C=O) groups is 1. The summed E-state index contributed by atoms with van der Waals surface area (Å²) < 4.78 is 37.9. The van der Waals surface area contributed by atoms with Gasteiger partial charge in [-0.3, -0.25) is 4.31 Å². The zero-order chi connectivity index (χ0) is 17.6. The van der Waals surface area contributed by atoms with Gasteiger partial charge in [0.25, 0.3) is 0 Å². The minimum Gasteiger partial charge on any atom is -0.336 e. The molecule has 24 heavy (non-hydrogen) atoms. The molecule has 0 aliphatic heterocycles. The van der Waals surface area contributed by atoms with Gasteiger partial charge in [0.2, 0.25) is 10.0 Å². The van der Waals surface area contributed by atoms with E-state index < -0.39 is 21.9 Å². The van der Waals surface area contributed by atoms with Gasteiger partial charge in [0, 0.05) is 12.2 Å². The summed E-state index contributed by atoms with van der Waals surface area (Å²) in [4.78, 5) is 11.8. The number of halogens is 1. The van der Waals surface area contributed by atoms with E-state index in [-0.39, 0.29) is 13.1 Å². The lowest BCUT2D eigenvalue weighted by molar-refractivity contribution is 0.252. The Labute approximate surface area is 140 Å². The van der Waals surface area contributed by atoms with E-state index >= 15 is 0 Å². The number of nitrogens with one attached hydrogen (secondary N) is 2. The monoisotopic (exact) mass is 351 g/mol. The number of sulfonamides is 1. The summed E-state index contributed by atoms with van der Waals surface area (Å²) in [7, 11) is -3.55. The van der Waals surface area contributed by atoms with Crippen molar-refractivity contribution >= 4 is 27.4 Å². The molecule has 0 radical (unpaired) electrons. The van der Waals surface area contributed by atoms with E-state index in [2.05, 4.69) is 10.6 Å². The smallest absolute Gasteiger partial charge is 0.319 e. The largest absolute Gasteiger partial charge is 0.336 e. The Balaban J connectivity index is 1.94. The Bertz CT molecular complexity index is 780. The average Bonchev–Trinajstić information content (AvgIpc) is 2.52. The van der Waals surface area contributed by atoms with Crippen LogP contribution in [-0.4, -0.2) is 33.8 Å². The number of hydrogen-bond acceptors (Lipinski definition) is 3. The fourth-order valence-electron chi connectivity index (χ4n) is 2.06. The van der Waals surface area contributed by atoms with Gasteiger partial charge in [-0.05, 0) is 36.4 Å². The second kappa shape index (κ2) is 7.78. The highest BCUT2D eigenvalue weighted by atomic mass is 32.2. The Kier molecular flexibility index (Phi) is 5.75. The molecule has 2 rings (SSSR count). The number of benzene rings is 2. The van der Waals surface area contributed by atoms with Crippen molar-refractivity contribution in [2.24, 2.45) is 0 Å². The molecule has 0 fully saturated rings. The first-order valence-electron chi connectivity index (χ1n) is 7.19. The number of hydrogen-bond donors (Lipinski definition) is 2. The highest BCUT2D eigenvalue weighted by molar-refractivity contribution is 7.92. The van der Waals surface area contributed by atoms with Gasteiger partial charge in [0.15, 0.2) is 0 Å². The number of urea groups is 1. The van der Waals surface area contributed by atoms with Gasteiger partial charge >= 0.3 is 6.03 Å². The fraction of sp³-hybridized carbons (Fsp3) is 0.188. The van der Waals surface area contributed by atoms with Gasteiger partial charge in [-0.1, -0.05) is 18.2 Å². The van der Waals surface area contributed by atoms with Gasteiger partial charge < -0.3 is 10.6 Å². The van der Waals surface area contributed by atoms with Crippen molar-refractivity contribution in [2.75, 3.05) is 29.0 Å². The summed E-state index contributed by atoms with van der Waals surface area (Å²) in [5.74, 6) is -0.451. The summed E-state index contributed by atoms with van der Waals surface area (Å²) in [6, 6.07) is 13.6. The van der Waals surface area contributed by atoms with Crippen LogP contribution >= 0.6 is 0 Å². The molecule has 0 atom stereocenters. The van der Waals surface area contributed by atoms with E-state index in [1.165, 1.54) is 24.3 Å². The van der Waals surface area contributed by atoms with Crippen molar-refractivity contribution < 1.29 is 17.6 Å². The lowest BCUT2D eigenvalue weighted by Gasteiger charge is -2.22. The van der Waals surface area contributed by atoms with Crippen molar-refractivity contribution in [3.8, 4) is 0 Å². The van der Waals surface area contributed by atoms with Crippen LogP contribution in [-0.2, 0) is 10.0 Å². The standard InChI is InChI=1S/C16H18FN3O3S/c1-24(22,23)20(15-9-7-13(17)8-10-15)12-11-18-16(21)19-14-5-3-2-4-6-14/h2-10H,11-12H2,1H3,(H2,18,19,21). The molecule has 0 spiro atoms. The number of nitrogens with zero attached hydrogens (tertiary/aromatic N) is 1. The summed E-state index contributed by atoms with van der Waals surface area (Å²) in [5, 5.41) is 5.22. The summed E-state index contributed by atoms with van der Waals surface area (Å²) in [5.41, 5.74) is 0.970. The molecule has 8 heteroatoms. The number of para-hydroxylation sites is 1. The zero-order valence-corrected chi connectivity index (χ0v) is 13.9. The normalized spacial score (nSPS) is 10.9. The van der Waals surface area contributed by atoms with Crippen molar-refractivity contribution in [1.82, 2.24) is 5.32 Å². The molecule has 0 aliphatic carbocycles. The van der Waals surface area contributed by atoms with Crippen LogP contribution in [0.1, 0.15) is 0 Å². The molecule has 0 aromatic heterocycles. The Morgan fingerprint density at radius 2 is 1.71 bits per heavy atom. The van der Waals surface area contributed by atoms with E-state index in [4.69, 9.17) is 0 Å². The van der Waals surface area contributed by atoms with Gasteiger partial charge in [-0.25, -0.2) is 17.6 Å². The Morgan fingerprint density at radius 1 is 1.08 bits per heavy atom. The Morgan fingerprint density at radius 3 is 2.29 bits per heavy atom. The first-order chi connectivity index (χ1) is 11.4. The molecule has 128 valence electrons. The van der Waals surface area contributed by atoms with Crippen LogP contribution in [0.25, 0.3) is 0 Å². The van der Waals surface area contributed by atoms with Crippen LogP contribution in [0.2, 0.25) is 0 Å². The third kappa shape index (κ3) is 5.24. The highest BCUT2D eigenvalue weighted by Gasteiger charge is 2.17. The molecule has 0 unspecified atom stereocenters. The molecular weight excluding hydrogens is 333 g/mol. The molecule has 2 N–H and O–H groups in total. The summed E-state index contributed by atoms with van der Waals surface area (Å²) in [6.07, 6.45) is 1.06. The molecule has 0 saturated carbocycles. The second-order valence-electron chi connectivity index (χ2n) is 5.06. The van der Waals surface area contributed by atoms with Gasteiger partial charge in [0.1, 0.15) is 5.82 Å². The number of rotatable bonds is 6. The van der Waals surface area contributed by atoms with Crippen molar-refractivity contribution in [1.29, 1.82) is 0 Å². The first-order valence-corrected chi connectivity index (χ1v) is 9.04. The maximum absolute atomic E-state index is 13.0. The first kappa shape index (κ1) is 17.7. The SMILES string of the molecule is CS(=O)(=O)N(CCNC(=O)Nc1ccccc1)c1ccc(F)cc1. The second-order valence-corrected chi connectivity index (χ2v) is 6.97.